The lowest BCUT2D eigenvalue weighted by molar-refractivity contribution is 0.300. The van der Waals surface area contributed by atoms with Crippen LogP contribution in [-0.4, -0.2) is 32.4 Å². The molecule has 0 aliphatic rings. The third-order valence-electron chi connectivity index (χ3n) is 2.11. The number of hydrogen-bond donors (Lipinski definition) is 3. The summed E-state index contributed by atoms with van der Waals surface area (Å²) in [5.41, 5.74) is 5.98. The monoisotopic (exact) mass is 276 g/mol. The second-order valence-electron chi connectivity index (χ2n) is 3.52. The van der Waals surface area contributed by atoms with Gasteiger partial charge in [0.2, 0.25) is 10.0 Å². The van der Waals surface area contributed by atoms with E-state index in [0.29, 0.717) is 10.6 Å². The Morgan fingerprint density at radius 2 is 2.18 bits per heavy atom. The van der Waals surface area contributed by atoms with Gasteiger partial charge in [0.25, 0.3) is 0 Å². The first-order valence-corrected chi connectivity index (χ1v) is 7.37. The zero-order chi connectivity index (χ0) is 13.1. The molecule has 0 radical (unpaired) electrons. The van der Waals surface area contributed by atoms with Gasteiger partial charge in [-0.15, -0.1) is 11.8 Å². The Hall–Kier alpha value is -0.760. The Bertz CT molecular complexity index is 488. The van der Waals surface area contributed by atoms with Gasteiger partial charge in [-0.1, -0.05) is 6.92 Å². The second kappa shape index (κ2) is 5.72. The molecular weight excluding hydrogens is 260 g/mol. The van der Waals surface area contributed by atoms with Gasteiger partial charge in [0.1, 0.15) is 0 Å². The van der Waals surface area contributed by atoms with Gasteiger partial charge in [0.15, 0.2) is 0 Å². The van der Waals surface area contributed by atoms with E-state index in [1.807, 2.05) is 6.92 Å². The molecule has 1 rings (SSSR count). The molecule has 96 valence electrons. The predicted molar refractivity (Wildman–Crippen MR) is 69.5 cm³/mol. The third-order valence-corrected chi connectivity index (χ3v) is 4.86. The number of aliphatic hydroxyl groups excluding tert-OH is 1. The largest absolute Gasteiger partial charge is 0.399 e. The van der Waals surface area contributed by atoms with Crippen LogP contribution in [0.5, 0.6) is 0 Å². The summed E-state index contributed by atoms with van der Waals surface area (Å²) in [6.07, 6.45) is 0. The third kappa shape index (κ3) is 3.60. The van der Waals surface area contributed by atoms with Crippen molar-refractivity contribution in [3.8, 4) is 0 Å². The summed E-state index contributed by atoms with van der Waals surface area (Å²) >= 11 is 1.30. The van der Waals surface area contributed by atoms with Gasteiger partial charge in [-0.2, -0.15) is 0 Å². The summed E-state index contributed by atoms with van der Waals surface area (Å²) < 4.78 is 25.9. The molecule has 1 atom stereocenters. The number of rotatable bonds is 5. The van der Waals surface area contributed by atoms with Crippen LogP contribution in [0.2, 0.25) is 0 Å². The average molecular weight is 276 g/mol. The average Bonchev–Trinajstić information content (AvgIpc) is 2.31. The van der Waals surface area contributed by atoms with Gasteiger partial charge in [-0.25, -0.2) is 13.1 Å². The standard InChI is InChI=1S/C10H16N2O3S2/c1-7(6-13)16-9-4-3-8(11)5-10(9)17(14,15)12-2/h3-5,7,12-13H,6,11H2,1-2H3. The molecule has 1 unspecified atom stereocenters. The number of sulfonamides is 1. The van der Waals surface area contributed by atoms with E-state index in [1.54, 1.807) is 12.1 Å². The van der Waals surface area contributed by atoms with E-state index in [1.165, 1.54) is 24.9 Å². The summed E-state index contributed by atoms with van der Waals surface area (Å²) in [4.78, 5) is 0.723. The highest BCUT2D eigenvalue weighted by Gasteiger charge is 2.18. The topological polar surface area (TPSA) is 92.4 Å². The quantitative estimate of drug-likeness (QED) is 0.542. The van der Waals surface area contributed by atoms with E-state index in [4.69, 9.17) is 10.8 Å². The van der Waals surface area contributed by atoms with Crippen LogP contribution in [0.4, 0.5) is 5.69 Å². The highest BCUT2D eigenvalue weighted by molar-refractivity contribution is 8.00. The van der Waals surface area contributed by atoms with Crippen LogP contribution < -0.4 is 10.5 Å². The van der Waals surface area contributed by atoms with Crippen molar-refractivity contribution in [3.63, 3.8) is 0 Å². The Morgan fingerprint density at radius 1 is 1.53 bits per heavy atom. The fraction of sp³-hybridized carbons (Fsp3) is 0.400. The van der Waals surface area contributed by atoms with E-state index in [2.05, 4.69) is 4.72 Å². The molecule has 4 N–H and O–H groups in total. The number of nitrogen functional groups attached to an aromatic ring is 1. The maximum Gasteiger partial charge on any atom is 0.241 e. The first-order valence-electron chi connectivity index (χ1n) is 5.01. The van der Waals surface area contributed by atoms with Crippen LogP contribution in [0.25, 0.3) is 0 Å². The molecule has 0 aliphatic carbocycles. The molecule has 0 aliphatic heterocycles. The summed E-state index contributed by atoms with van der Waals surface area (Å²) in [7, 11) is -2.19. The summed E-state index contributed by atoms with van der Waals surface area (Å²) in [5.74, 6) is 0. The van der Waals surface area contributed by atoms with Crippen LogP contribution in [0.1, 0.15) is 6.92 Å². The smallest absolute Gasteiger partial charge is 0.241 e. The highest BCUT2D eigenvalue weighted by Crippen LogP contribution is 2.31. The van der Waals surface area contributed by atoms with Gasteiger partial charge in [-0.3, -0.25) is 0 Å². The number of thioether (sulfide) groups is 1. The number of aliphatic hydroxyl groups is 1. The minimum absolute atomic E-state index is 0.0198. The van der Waals surface area contributed by atoms with Crippen molar-refractivity contribution >= 4 is 27.5 Å². The molecule has 0 saturated carbocycles. The Kier molecular flexibility index (Phi) is 4.81. The van der Waals surface area contributed by atoms with Crippen molar-refractivity contribution in [1.82, 2.24) is 4.72 Å². The predicted octanol–water partition coefficient (Wildman–Crippen LogP) is 0.650. The molecule has 0 amide bonds. The van der Waals surface area contributed by atoms with Crippen LogP contribution >= 0.6 is 11.8 Å². The second-order valence-corrected chi connectivity index (χ2v) is 6.86. The lowest BCUT2D eigenvalue weighted by Crippen LogP contribution is -2.20. The Labute approximate surface area is 105 Å². The van der Waals surface area contributed by atoms with Gasteiger partial charge in [-0.05, 0) is 25.2 Å². The molecule has 0 aromatic heterocycles. The molecule has 1 aromatic carbocycles. The minimum Gasteiger partial charge on any atom is -0.399 e. The maximum atomic E-state index is 11.8. The zero-order valence-electron chi connectivity index (χ0n) is 9.67. The molecule has 5 nitrogen and oxygen atoms in total. The van der Waals surface area contributed by atoms with E-state index in [-0.39, 0.29) is 16.8 Å². The van der Waals surface area contributed by atoms with Crippen LogP contribution in [0, 0.1) is 0 Å². The van der Waals surface area contributed by atoms with E-state index in [9.17, 15) is 8.42 Å². The van der Waals surface area contributed by atoms with Gasteiger partial charge >= 0.3 is 0 Å². The molecule has 7 heteroatoms. The fourth-order valence-electron chi connectivity index (χ4n) is 1.20. The molecule has 17 heavy (non-hydrogen) atoms. The zero-order valence-corrected chi connectivity index (χ0v) is 11.3. The molecular formula is C10H16N2O3S2. The van der Waals surface area contributed by atoms with Crippen LogP contribution in [0.15, 0.2) is 28.0 Å². The van der Waals surface area contributed by atoms with E-state index in [0.717, 1.165) is 0 Å². The van der Waals surface area contributed by atoms with Crippen molar-refractivity contribution in [2.75, 3.05) is 19.4 Å². The molecule has 0 saturated heterocycles. The van der Waals surface area contributed by atoms with Gasteiger partial charge < -0.3 is 10.8 Å². The van der Waals surface area contributed by atoms with Crippen molar-refractivity contribution in [2.45, 2.75) is 22.0 Å². The molecule has 0 fully saturated rings. The fourth-order valence-corrected chi connectivity index (χ4v) is 3.34. The molecule has 1 aromatic rings. The van der Waals surface area contributed by atoms with Crippen molar-refractivity contribution < 1.29 is 13.5 Å². The Morgan fingerprint density at radius 3 is 2.71 bits per heavy atom. The summed E-state index contributed by atoms with van der Waals surface area (Å²) in [5, 5.41) is 8.91. The summed E-state index contributed by atoms with van der Waals surface area (Å²) in [6, 6.07) is 4.70. The number of hydrogen-bond acceptors (Lipinski definition) is 5. The van der Waals surface area contributed by atoms with Crippen molar-refractivity contribution in [1.29, 1.82) is 0 Å². The Balaban J connectivity index is 3.22. The lowest BCUT2D eigenvalue weighted by Gasteiger charge is -2.13. The van der Waals surface area contributed by atoms with Gasteiger partial charge in [0.05, 0.1) is 11.5 Å². The van der Waals surface area contributed by atoms with Crippen molar-refractivity contribution in [3.05, 3.63) is 18.2 Å². The molecule has 0 bridgehead atoms. The first-order chi connectivity index (χ1) is 7.90. The normalized spacial score (nSPS) is 13.6. The highest BCUT2D eigenvalue weighted by atomic mass is 32.2. The summed E-state index contributed by atoms with van der Waals surface area (Å²) in [6.45, 7) is 1.80. The first kappa shape index (κ1) is 14.3. The maximum absolute atomic E-state index is 11.8. The van der Waals surface area contributed by atoms with E-state index >= 15 is 0 Å². The van der Waals surface area contributed by atoms with E-state index < -0.39 is 10.0 Å². The number of nitrogens with one attached hydrogen (secondary N) is 1. The van der Waals surface area contributed by atoms with Crippen molar-refractivity contribution in [2.24, 2.45) is 0 Å². The molecule has 0 spiro atoms. The number of anilines is 1. The van der Waals surface area contributed by atoms with Crippen LogP contribution in [-0.2, 0) is 10.0 Å². The minimum atomic E-state index is -3.54. The SMILES string of the molecule is CNS(=O)(=O)c1cc(N)ccc1SC(C)CO. The van der Waals surface area contributed by atoms with Gasteiger partial charge in [0, 0.05) is 15.8 Å². The molecule has 0 heterocycles. The lowest BCUT2D eigenvalue weighted by atomic mass is 10.3. The van der Waals surface area contributed by atoms with Crippen LogP contribution in [0.3, 0.4) is 0 Å². The number of nitrogens with two attached hydrogens (primary N) is 1. The number of benzene rings is 1.